The first-order valence-electron chi connectivity index (χ1n) is 7.76. The van der Waals surface area contributed by atoms with Crippen molar-refractivity contribution in [2.75, 3.05) is 12.3 Å². The van der Waals surface area contributed by atoms with Crippen molar-refractivity contribution in [1.82, 2.24) is 5.32 Å². The van der Waals surface area contributed by atoms with Crippen molar-refractivity contribution in [3.05, 3.63) is 29.8 Å². The van der Waals surface area contributed by atoms with Gasteiger partial charge in [-0.1, -0.05) is 52.8 Å². The summed E-state index contributed by atoms with van der Waals surface area (Å²) in [7, 11) is -3.17. The summed E-state index contributed by atoms with van der Waals surface area (Å²) in [5.74, 6) is 0.145. The lowest BCUT2D eigenvalue weighted by atomic mass is 9.83. The predicted molar refractivity (Wildman–Crippen MR) is 89.4 cm³/mol. The molecule has 1 aromatic rings. The van der Waals surface area contributed by atoms with Crippen LogP contribution in [-0.2, 0) is 16.3 Å². The molecule has 1 aromatic carbocycles. The minimum atomic E-state index is -3.17. The molecule has 21 heavy (non-hydrogen) atoms. The molecule has 0 bridgehead atoms. The molecule has 4 heteroatoms. The van der Waals surface area contributed by atoms with E-state index in [4.69, 9.17) is 0 Å². The molecule has 0 heterocycles. The highest BCUT2D eigenvalue weighted by Crippen LogP contribution is 2.26. The van der Waals surface area contributed by atoms with Gasteiger partial charge >= 0.3 is 0 Å². The van der Waals surface area contributed by atoms with Crippen molar-refractivity contribution >= 4 is 9.84 Å². The zero-order chi connectivity index (χ0) is 16.1. The van der Waals surface area contributed by atoms with Crippen LogP contribution in [0.3, 0.4) is 0 Å². The van der Waals surface area contributed by atoms with Crippen LogP contribution in [0, 0.1) is 5.41 Å². The summed E-state index contributed by atoms with van der Waals surface area (Å²) in [6, 6.07) is 7.65. The highest BCUT2D eigenvalue weighted by Gasteiger charge is 2.26. The van der Waals surface area contributed by atoms with Crippen LogP contribution in [0.1, 0.15) is 46.6 Å². The average Bonchev–Trinajstić information content (AvgIpc) is 2.42. The molecular formula is C17H29NO2S. The van der Waals surface area contributed by atoms with E-state index in [0.717, 1.165) is 24.9 Å². The van der Waals surface area contributed by atoms with Gasteiger partial charge in [0.25, 0.3) is 0 Å². The molecule has 1 atom stereocenters. The van der Waals surface area contributed by atoms with Crippen LogP contribution in [-0.4, -0.2) is 26.8 Å². The Balaban J connectivity index is 3.10. The smallest absolute Gasteiger partial charge is 0.178 e. The summed E-state index contributed by atoms with van der Waals surface area (Å²) in [5.41, 5.74) is 1.00. The molecule has 0 amide bonds. The molecule has 1 N–H and O–H groups in total. The van der Waals surface area contributed by atoms with Gasteiger partial charge in [0.2, 0.25) is 0 Å². The van der Waals surface area contributed by atoms with Gasteiger partial charge in [0.15, 0.2) is 9.84 Å². The first kappa shape index (κ1) is 18.2. The van der Waals surface area contributed by atoms with Crippen LogP contribution in [0.15, 0.2) is 29.2 Å². The lowest BCUT2D eigenvalue weighted by Crippen LogP contribution is -2.42. The molecule has 0 saturated heterocycles. The molecule has 0 aliphatic carbocycles. The zero-order valence-corrected chi connectivity index (χ0v) is 14.8. The number of benzene rings is 1. The Morgan fingerprint density at radius 3 is 2.29 bits per heavy atom. The van der Waals surface area contributed by atoms with Gasteiger partial charge in [-0.25, -0.2) is 8.42 Å². The van der Waals surface area contributed by atoms with E-state index in [0.29, 0.717) is 4.90 Å². The summed E-state index contributed by atoms with van der Waals surface area (Å²) in [6.45, 7) is 11.4. The van der Waals surface area contributed by atoms with Crippen molar-refractivity contribution in [3.8, 4) is 0 Å². The molecule has 0 spiro atoms. The second-order valence-corrected chi connectivity index (χ2v) is 8.83. The minimum absolute atomic E-state index is 0.0816. The molecule has 0 fully saturated rings. The van der Waals surface area contributed by atoms with Crippen LogP contribution in [0.4, 0.5) is 0 Å². The van der Waals surface area contributed by atoms with Crippen molar-refractivity contribution < 1.29 is 8.42 Å². The molecule has 120 valence electrons. The van der Waals surface area contributed by atoms with Crippen LogP contribution >= 0.6 is 0 Å². The van der Waals surface area contributed by atoms with Gasteiger partial charge in [-0.2, -0.15) is 0 Å². The Labute approximate surface area is 130 Å². The maximum Gasteiger partial charge on any atom is 0.178 e. The molecule has 1 unspecified atom stereocenters. The molecule has 3 nitrogen and oxygen atoms in total. The number of sulfone groups is 1. The maximum atomic E-state index is 12.2. The maximum absolute atomic E-state index is 12.2. The minimum Gasteiger partial charge on any atom is -0.313 e. The quantitative estimate of drug-likeness (QED) is 0.839. The third kappa shape index (κ3) is 5.11. The highest BCUT2D eigenvalue weighted by molar-refractivity contribution is 7.91. The fourth-order valence-electron chi connectivity index (χ4n) is 2.35. The Morgan fingerprint density at radius 1 is 1.14 bits per heavy atom. The molecule has 0 aromatic heterocycles. The van der Waals surface area contributed by atoms with Gasteiger partial charge in [0.05, 0.1) is 10.6 Å². The largest absolute Gasteiger partial charge is 0.313 e. The summed E-state index contributed by atoms with van der Waals surface area (Å²) >= 11 is 0. The number of hydrogen-bond donors (Lipinski definition) is 1. The number of nitrogens with one attached hydrogen (secondary N) is 1. The third-order valence-corrected chi connectivity index (χ3v) is 5.63. The van der Waals surface area contributed by atoms with E-state index in [1.54, 1.807) is 19.1 Å². The van der Waals surface area contributed by atoms with Gasteiger partial charge in [-0.3, -0.25) is 0 Å². The first-order chi connectivity index (χ1) is 9.72. The normalized spacial score (nSPS) is 14.1. The van der Waals surface area contributed by atoms with Crippen molar-refractivity contribution in [1.29, 1.82) is 0 Å². The van der Waals surface area contributed by atoms with E-state index in [2.05, 4.69) is 33.0 Å². The SMILES string of the molecule is CCCNC(Cc1ccccc1S(=O)(=O)CC)C(C)(C)C. The summed E-state index contributed by atoms with van der Waals surface area (Å²) in [5, 5.41) is 3.56. The Kier molecular flexibility index (Phi) is 6.41. The van der Waals surface area contributed by atoms with Gasteiger partial charge in [0, 0.05) is 6.04 Å². The summed E-state index contributed by atoms with van der Waals surface area (Å²) in [6.07, 6.45) is 1.81. The van der Waals surface area contributed by atoms with Gasteiger partial charge in [-0.05, 0) is 36.4 Å². The second kappa shape index (κ2) is 7.41. The van der Waals surface area contributed by atoms with Gasteiger partial charge in [0.1, 0.15) is 0 Å². The third-order valence-electron chi connectivity index (χ3n) is 3.80. The Morgan fingerprint density at radius 2 is 1.76 bits per heavy atom. The van der Waals surface area contributed by atoms with Crippen molar-refractivity contribution in [3.63, 3.8) is 0 Å². The lowest BCUT2D eigenvalue weighted by molar-refractivity contribution is 0.266. The predicted octanol–water partition coefficient (Wildman–Crippen LogP) is 3.44. The van der Waals surface area contributed by atoms with Crippen LogP contribution in [0.2, 0.25) is 0 Å². The van der Waals surface area contributed by atoms with E-state index in [1.807, 2.05) is 12.1 Å². The lowest BCUT2D eigenvalue weighted by Gasteiger charge is -2.32. The second-order valence-electron chi connectivity index (χ2n) is 6.59. The summed E-state index contributed by atoms with van der Waals surface area (Å²) in [4.78, 5) is 0.486. The fraction of sp³-hybridized carbons (Fsp3) is 0.647. The standard InChI is InChI=1S/C17H29NO2S/c1-6-12-18-16(17(3,4)5)13-14-10-8-9-11-15(14)21(19,20)7-2/h8-11,16,18H,6-7,12-13H2,1-5H3. The van der Waals surface area contributed by atoms with E-state index in [1.165, 1.54) is 0 Å². The summed E-state index contributed by atoms with van der Waals surface area (Å²) < 4.78 is 24.5. The number of rotatable bonds is 7. The van der Waals surface area contributed by atoms with E-state index < -0.39 is 9.84 Å². The van der Waals surface area contributed by atoms with Crippen LogP contribution in [0.25, 0.3) is 0 Å². The van der Waals surface area contributed by atoms with Gasteiger partial charge in [-0.15, -0.1) is 0 Å². The number of hydrogen-bond acceptors (Lipinski definition) is 3. The first-order valence-corrected chi connectivity index (χ1v) is 9.41. The molecule has 1 rings (SSSR count). The van der Waals surface area contributed by atoms with E-state index in [-0.39, 0.29) is 17.2 Å². The van der Waals surface area contributed by atoms with E-state index in [9.17, 15) is 8.42 Å². The zero-order valence-electron chi connectivity index (χ0n) is 13.9. The highest BCUT2D eigenvalue weighted by atomic mass is 32.2. The topological polar surface area (TPSA) is 46.2 Å². The Bertz CT molecular complexity index is 544. The fourth-order valence-corrected chi connectivity index (χ4v) is 3.50. The van der Waals surface area contributed by atoms with Crippen molar-refractivity contribution in [2.45, 2.75) is 58.4 Å². The van der Waals surface area contributed by atoms with Crippen LogP contribution in [0.5, 0.6) is 0 Å². The van der Waals surface area contributed by atoms with Crippen molar-refractivity contribution in [2.24, 2.45) is 5.41 Å². The van der Waals surface area contributed by atoms with Crippen LogP contribution < -0.4 is 5.32 Å². The van der Waals surface area contributed by atoms with E-state index >= 15 is 0 Å². The monoisotopic (exact) mass is 311 g/mol. The Hall–Kier alpha value is -0.870. The molecular weight excluding hydrogens is 282 g/mol. The molecule has 0 aliphatic heterocycles. The van der Waals surface area contributed by atoms with Gasteiger partial charge < -0.3 is 5.32 Å². The average molecular weight is 311 g/mol. The molecule has 0 radical (unpaired) electrons. The molecule has 0 saturated carbocycles. The molecule has 0 aliphatic rings.